The van der Waals surface area contributed by atoms with Gasteiger partial charge in [0.1, 0.15) is 5.82 Å². The van der Waals surface area contributed by atoms with Crippen LogP contribution in [-0.4, -0.2) is 21.0 Å². The third kappa shape index (κ3) is 3.17. The van der Waals surface area contributed by atoms with E-state index >= 15 is 0 Å². The second-order valence-corrected chi connectivity index (χ2v) is 9.70. The topological polar surface area (TPSA) is 70.7 Å². The number of anilines is 1. The summed E-state index contributed by atoms with van der Waals surface area (Å²) in [5.41, 5.74) is 7.06. The van der Waals surface area contributed by atoms with Gasteiger partial charge in [-0.05, 0) is 59.9 Å². The van der Waals surface area contributed by atoms with Crippen LogP contribution in [0.3, 0.4) is 0 Å². The third-order valence-corrected chi connectivity index (χ3v) is 6.72. The minimum Gasteiger partial charge on any atom is -0.358 e. The van der Waals surface area contributed by atoms with Crippen molar-refractivity contribution in [2.24, 2.45) is 5.41 Å². The number of aromatic amines is 1. The first-order valence-corrected chi connectivity index (χ1v) is 11.1. The zero-order valence-corrected chi connectivity index (χ0v) is 18.4. The Kier molecular flexibility index (Phi) is 4.27. The van der Waals surface area contributed by atoms with Crippen molar-refractivity contribution in [3.63, 3.8) is 0 Å². The number of carbonyl (C=O) groups excluding carboxylic acids is 1. The normalized spacial score (nSPS) is 19.2. The van der Waals surface area contributed by atoms with E-state index in [-0.39, 0.29) is 22.9 Å². The summed E-state index contributed by atoms with van der Waals surface area (Å²) in [5, 5.41) is 12.0. The fourth-order valence-electron chi connectivity index (χ4n) is 5.36. The van der Waals surface area contributed by atoms with Gasteiger partial charge in [0, 0.05) is 52.0 Å². The van der Waals surface area contributed by atoms with Gasteiger partial charge in [0.15, 0.2) is 5.78 Å². The van der Waals surface area contributed by atoms with Crippen molar-refractivity contribution in [3.05, 3.63) is 89.1 Å². The number of Topliss-reactive ketones (excluding diaryl/α,β-unsaturated/α-hetero) is 1. The van der Waals surface area contributed by atoms with E-state index in [1.54, 1.807) is 24.5 Å². The maximum atomic E-state index is 13.6. The Morgan fingerprint density at radius 3 is 2.70 bits per heavy atom. The van der Waals surface area contributed by atoms with Crippen molar-refractivity contribution < 1.29 is 9.18 Å². The Morgan fingerprint density at radius 2 is 1.88 bits per heavy atom. The monoisotopic (exact) mass is 438 g/mol. The number of halogens is 1. The van der Waals surface area contributed by atoms with Gasteiger partial charge in [0.25, 0.3) is 0 Å². The number of aromatic nitrogens is 3. The molecule has 0 fully saturated rings. The molecule has 1 unspecified atom stereocenters. The van der Waals surface area contributed by atoms with E-state index in [2.05, 4.69) is 40.4 Å². The van der Waals surface area contributed by atoms with Gasteiger partial charge in [-0.2, -0.15) is 5.10 Å². The van der Waals surface area contributed by atoms with Gasteiger partial charge in [0.05, 0.1) is 17.4 Å². The first-order valence-electron chi connectivity index (χ1n) is 11.1. The number of hydrogen-bond acceptors (Lipinski definition) is 4. The number of pyridine rings is 1. The molecule has 1 aliphatic heterocycles. The number of fused-ring (bicyclic) bond motifs is 3. The molecule has 2 aromatic heterocycles. The van der Waals surface area contributed by atoms with Crippen LogP contribution in [0.15, 0.2) is 72.2 Å². The average molecular weight is 439 g/mol. The van der Waals surface area contributed by atoms with Crippen LogP contribution in [0.5, 0.6) is 0 Å². The number of ketones is 1. The van der Waals surface area contributed by atoms with Crippen LogP contribution < -0.4 is 5.32 Å². The second-order valence-electron chi connectivity index (χ2n) is 9.70. The quantitative estimate of drug-likeness (QED) is 0.405. The molecule has 2 aliphatic rings. The fraction of sp³-hybridized carbons (Fsp3) is 0.222. The third-order valence-electron chi connectivity index (χ3n) is 6.72. The van der Waals surface area contributed by atoms with E-state index in [1.807, 2.05) is 18.2 Å². The SMILES string of the molecule is CC1(C)CC(=O)C2=C(C1)Nc1ccc3ncccc3c1C2c1cn[nH]c1-c1ccc(F)cc1. The molecule has 0 amide bonds. The predicted molar refractivity (Wildman–Crippen MR) is 126 cm³/mol. The fourth-order valence-corrected chi connectivity index (χ4v) is 5.36. The van der Waals surface area contributed by atoms with Crippen molar-refractivity contribution in [1.82, 2.24) is 15.2 Å². The molecule has 164 valence electrons. The minimum atomic E-state index is -0.299. The zero-order valence-electron chi connectivity index (χ0n) is 18.4. The van der Waals surface area contributed by atoms with E-state index in [0.29, 0.717) is 6.42 Å². The lowest BCUT2D eigenvalue weighted by atomic mass is 9.68. The number of hydrogen-bond donors (Lipinski definition) is 2. The molecule has 3 heterocycles. The summed E-state index contributed by atoms with van der Waals surface area (Å²) in [7, 11) is 0. The van der Waals surface area contributed by atoms with Crippen molar-refractivity contribution in [3.8, 4) is 11.3 Å². The Morgan fingerprint density at radius 1 is 1.06 bits per heavy atom. The molecule has 2 N–H and O–H groups in total. The molecule has 0 radical (unpaired) electrons. The second kappa shape index (κ2) is 7.10. The van der Waals surface area contributed by atoms with Gasteiger partial charge in [0.2, 0.25) is 0 Å². The average Bonchev–Trinajstić information content (AvgIpc) is 3.26. The highest BCUT2D eigenvalue weighted by Crippen LogP contribution is 2.51. The molecule has 6 rings (SSSR count). The zero-order chi connectivity index (χ0) is 22.7. The first-order chi connectivity index (χ1) is 15.9. The molecule has 2 aromatic carbocycles. The lowest BCUT2D eigenvalue weighted by molar-refractivity contribution is -0.118. The summed E-state index contributed by atoms with van der Waals surface area (Å²) in [6, 6.07) is 14.4. The van der Waals surface area contributed by atoms with Crippen LogP contribution in [0, 0.1) is 11.2 Å². The molecule has 0 saturated heterocycles. The Hall–Kier alpha value is -3.80. The summed E-state index contributed by atoms with van der Waals surface area (Å²) >= 11 is 0. The Balaban J connectivity index is 1.64. The maximum absolute atomic E-state index is 13.6. The summed E-state index contributed by atoms with van der Waals surface area (Å²) in [6.45, 7) is 4.26. The van der Waals surface area contributed by atoms with E-state index in [1.165, 1.54) is 12.1 Å². The van der Waals surface area contributed by atoms with Gasteiger partial charge >= 0.3 is 0 Å². The summed E-state index contributed by atoms with van der Waals surface area (Å²) in [4.78, 5) is 18.1. The Bertz CT molecular complexity index is 1450. The van der Waals surface area contributed by atoms with Crippen molar-refractivity contribution >= 4 is 22.4 Å². The number of nitrogens with zero attached hydrogens (tertiary/aromatic N) is 2. The molecule has 0 spiro atoms. The van der Waals surface area contributed by atoms with Crippen molar-refractivity contribution in [2.75, 3.05) is 5.32 Å². The molecule has 1 atom stereocenters. The van der Waals surface area contributed by atoms with Gasteiger partial charge in [-0.1, -0.05) is 19.9 Å². The molecular weight excluding hydrogens is 415 g/mol. The van der Waals surface area contributed by atoms with Gasteiger partial charge in [-0.15, -0.1) is 0 Å². The van der Waals surface area contributed by atoms with E-state index in [9.17, 15) is 9.18 Å². The largest absolute Gasteiger partial charge is 0.358 e. The highest BCUT2D eigenvalue weighted by molar-refractivity contribution is 6.04. The maximum Gasteiger partial charge on any atom is 0.162 e. The lowest BCUT2D eigenvalue weighted by Crippen LogP contribution is -2.34. The molecule has 33 heavy (non-hydrogen) atoms. The molecule has 4 aromatic rings. The van der Waals surface area contributed by atoms with Crippen molar-refractivity contribution in [1.29, 1.82) is 0 Å². The molecular formula is C27H23FN4O. The minimum absolute atomic E-state index is 0.112. The number of carbonyl (C=O) groups is 1. The molecule has 0 bridgehead atoms. The highest BCUT2D eigenvalue weighted by atomic mass is 19.1. The Labute approximate surface area is 190 Å². The summed E-state index contributed by atoms with van der Waals surface area (Å²) in [6.07, 6.45) is 4.86. The first kappa shape index (κ1) is 19.9. The number of H-pyrrole nitrogens is 1. The van der Waals surface area contributed by atoms with E-state index in [0.717, 1.165) is 56.7 Å². The van der Waals surface area contributed by atoms with E-state index in [4.69, 9.17) is 0 Å². The lowest BCUT2D eigenvalue weighted by Gasteiger charge is -2.39. The van der Waals surface area contributed by atoms with Crippen LogP contribution in [0.1, 0.15) is 43.7 Å². The molecule has 5 nitrogen and oxygen atoms in total. The summed E-state index contributed by atoms with van der Waals surface area (Å²) in [5.74, 6) is -0.443. The molecule has 0 saturated carbocycles. The molecule has 1 aliphatic carbocycles. The number of rotatable bonds is 2. The van der Waals surface area contributed by atoms with Gasteiger partial charge in [-0.3, -0.25) is 14.9 Å². The van der Waals surface area contributed by atoms with E-state index < -0.39 is 0 Å². The highest BCUT2D eigenvalue weighted by Gasteiger charge is 2.42. The van der Waals surface area contributed by atoms with Crippen LogP contribution >= 0.6 is 0 Å². The number of benzene rings is 2. The van der Waals surface area contributed by atoms with Gasteiger partial charge < -0.3 is 5.32 Å². The van der Waals surface area contributed by atoms with Crippen LogP contribution in [0.4, 0.5) is 10.1 Å². The number of allylic oxidation sites excluding steroid dienone is 2. The summed E-state index contributed by atoms with van der Waals surface area (Å²) < 4.78 is 13.6. The standard InChI is InChI=1S/C27H23FN4O/c1-27(2)12-21-25(22(33)13-27)24(18-14-30-32-26(18)15-5-7-16(28)8-6-15)23-17-4-3-11-29-19(17)9-10-20(23)31-21/h3-11,14,24,31H,12-13H2,1-2H3,(H,30,32). The van der Waals surface area contributed by atoms with Crippen LogP contribution in [0.25, 0.3) is 22.2 Å². The van der Waals surface area contributed by atoms with Crippen LogP contribution in [-0.2, 0) is 4.79 Å². The van der Waals surface area contributed by atoms with Gasteiger partial charge in [-0.25, -0.2) is 4.39 Å². The smallest absolute Gasteiger partial charge is 0.162 e. The van der Waals surface area contributed by atoms with Crippen molar-refractivity contribution in [2.45, 2.75) is 32.6 Å². The predicted octanol–water partition coefficient (Wildman–Crippen LogP) is 5.96. The number of nitrogens with one attached hydrogen (secondary N) is 2. The van der Waals surface area contributed by atoms with Crippen LogP contribution in [0.2, 0.25) is 0 Å². The molecule has 6 heteroatoms.